The average Bonchev–Trinajstić information content (AvgIpc) is 2.72. The van der Waals surface area contributed by atoms with E-state index in [0.29, 0.717) is 9.10 Å². The minimum Gasteiger partial charge on any atom is -0.218 e. The SMILES string of the molecule is O=S(=O)(c1ccccc1)c1cc[c]s1. The molecular formula is C10H7O2S2. The molecule has 71 valence electrons. The molecule has 1 aromatic carbocycles. The molecule has 0 fully saturated rings. The van der Waals surface area contributed by atoms with Crippen LogP contribution in [-0.2, 0) is 9.84 Å². The van der Waals surface area contributed by atoms with Crippen LogP contribution in [-0.4, -0.2) is 8.42 Å². The standard InChI is InChI=1S/C10H7O2S2/c11-14(12,10-7-4-8-13-10)9-5-2-1-3-6-9/h1-7H. The van der Waals surface area contributed by atoms with Crippen molar-refractivity contribution in [3.05, 3.63) is 47.8 Å². The van der Waals surface area contributed by atoms with Gasteiger partial charge in [-0.2, -0.15) is 0 Å². The van der Waals surface area contributed by atoms with Crippen LogP contribution in [0.1, 0.15) is 0 Å². The lowest BCUT2D eigenvalue weighted by Crippen LogP contribution is -1.98. The van der Waals surface area contributed by atoms with Gasteiger partial charge in [0.1, 0.15) is 4.21 Å². The van der Waals surface area contributed by atoms with E-state index in [0.717, 1.165) is 11.3 Å². The molecule has 2 nitrogen and oxygen atoms in total. The molecule has 0 bridgehead atoms. The van der Waals surface area contributed by atoms with Crippen LogP contribution < -0.4 is 0 Å². The first-order valence-electron chi connectivity index (χ1n) is 3.97. The Morgan fingerprint density at radius 1 is 1.07 bits per heavy atom. The third-order valence-corrected chi connectivity index (χ3v) is 4.82. The fourth-order valence-electron chi connectivity index (χ4n) is 1.09. The first kappa shape index (κ1) is 9.43. The van der Waals surface area contributed by atoms with Crippen LogP contribution in [0.5, 0.6) is 0 Å². The number of thiophene rings is 1. The molecule has 1 aromatic heterocycles. The van der Waals surface area contributed by atoms with E-state index in [-0.39, 0.29) is 0 Å². The maximum atomic E-state index is 11.9. The molecule has 0 spiro atoms. The number of benzene rings is 1. The fourth-order valence-corrected chi connectivity index (χ4v) is 3.34. The molecule has 0 atom stereocenters. The van der Waals surface area contributed by atoms with Gasteiger partial charge >= 0.3 is 0 Å². The van der Waals surface area contributed by atoms with Gasteiger partial charge in [-0.25, -0.2) is 8.42 Å². The minimum absolute atomic E-state index is 0.329. The van der Waals surface area contributed by atoms with E-state index < -0.39 is 9.84 Å². The molecule has 2 rings (SSSR count). The van der Waals surface area contributed by atoms with Gasteiger partial charge in [0.25, 0.3) is 0 Å². The summed E-state index contributed by atoms with van der Waals surface area (Å²) in [6.45, 7) is 0. The highest BCUT2D eigenvalue weighted by Crippen LogP contribution is 2.23. The quantitative estimate of drug-likeness (QED) is 0.783. The zero-order valence-corrected chi connectivity index (χ0v) is 8.81. The van der Waals surface area contributed by atoms with Crippen molar-refractivity contribution in [3.63, 3.8) is 0 Å². The second-order valence-corrected chi connectivity index (χ2v) is 5.74. The van der Waals surface area contributed by atoms with Crippen LogP contribution in [0.4, 0.5) is 0 Å². The van der Waals surface area contributed by atoms with Crippen molar-refractivity contribution in [2.75, 3.05) is 0 Å². The monoisotopic (exact) mass is 223 g/mol. The highest BCUT2D eigenvalue weighted by Gasteiger charge is 2.17. The molecule has 0 unspecified atom stereocenters. The summed E-state index contributed by atoms with van der Waals surface area (Å²) in [5.41, 5.74) is 0. The Bertz CT molecular complexity index is 498. The van der Waals surface area contributed by atoms with E-state index in [1.165, 1.54) is 0 Å². The summed E-state index contributed by atoms with van der Waals surface area (Å²) >= 11 is 1.11. The summed E-state index contributed by atoms with van der Waals surface area (Å²) < 4.78 is 24.1. The molecule has 2 aromatic rings. The normalized spacial score (nSPS) is 11.4. The van der Waals surface area contributed by atoms with Gasteiger partial charge in [-0.1, -0.05) is 18.2 Å². The van der Waals surface area contributed by atoms with Gasteiger partial charge in [0, 0.05) is 5.38 Å². The van der Waals surface area contributed by atoms with Crippen LogP contribution in [0.2, 0.25) is 0 Å². The first-order valence-corrected chi connectivity index (χ1v) is 6.27. The van der Waals surface area contributed by atoms with Crippen LogP contribution in [0.25, 0.3) is 0 Å². The summed E-state index contributed by atoms with van der Waals surface area (Å²) in [7, 11) is -3.31. The Hall–Kier alpha value is -1.13. The largest absolute Gasteiger partial charge is 0.218 e. The molecule has 0 aliphatic carbocycles. The lowest BCUT2D eigenvalue weighted by atomic mass is 10.4. The van der Waals surface area contributed by atoms with E-state index >= 15 is 0 Å². The molecule has 4 heteroatoms. The summed E-state index contributed by atoms with van der Waals surface area (Å²) in [6.07, 6.45) is 0. The molecule has 0 N–H and O–H groups in total. The van der Waals surface area contributed by atoms with Crippen molar-refractivity contribution >= 4 is 21.2 Å². The van der Waals surface area contributed by atoms with Gasteiger partial charge in [-0.3, -0.25) is 0 Å². The van der Waals surface area contributed by atoms with Crippen molar-refractivity contribution in [2.24, 2.45) is 0 Å². The zero-order chi connectivity index (χ0) is 10.0. The molecule has 0 amide bonds. The van der Waals surface area contributed by atoms with Crippen molar-refractivity contribution in [1.29, 1.82) is 0 Å². The van der Waals surface area contributed by atoms with Crippen molar-refractivity contribution in [3.8, 4) is 0 Å². The predicted molar refractivity (Wildman–Crippen MR) is 55.0 cm³/mol. The van der Waals surface area contributed by atoms with E-state index in [2.05, 4.69) is 5.38 Å². The number of hydrogen-bond acceptors (Lipinski definition) is 3. The maximum absolute atomic E-state index is 11.9. The first-order chi connectivity index (χ1) is 6.71. The molecule has 0 saturated heterocycles. The van der Waals surface area contributed by atoms with Gasteiger partial charge in [0.05, 0.1) is 4.90 Å². The third-order valence-electron chi connectivity index (χ3n) is 1.77. The number of hydrogen-bond donors (Lipinski definition) is 0. The summed E-state index contributed by atoms with van der Waals surface area (Å²) in [6, 6.07) is 11.6. The van der Waals surface area contributed by atoms with Gasteiger partial charge < -0.3 is 0 Å². The highest BCUT2D eigenvalue weighted by molar-refractivity contribution is 7.93. The Kier molecular flexibility index (Phi) is 2.39. The summed E-state index contributed by atoms with van der Waals surface area (Å²) in [5.74, 6) is 0. The van der Waals surface area contributed by atoms with E-state index in [1.807, 2.05) is 0 Å². The average molecular weight is 223 g/mol. The van der Waals surface area contributed by atoms with Crippen molar-refractivity contribution in [1.82, 2.24) is 0 Å². The van der Waals surface area contributed by atoms with Crippen LogP contribution >= 0.6 is 11.3 Å². The number of rotatable bonds is 2. The van der Waals surface area contributed by atoms with Gasteiger partial charge in [-0.15, -0.1) is 11.3 Å². The van der Waals surface area contributed by atoms with Crippen molar-refractivity contribution < 1.29 is 8.42 Å². The van der Waals surface area contributed by atoms with Crippen molar-refractivity contribution in [2.45, 2.75) is 9.10 Å². The van der Waals surface area contributed by atoms with Crippen LogP contribution in [0.3, 0.4) is 0 Å². The molecule has 0 aliphatic rings. The summed E-state index contributed by atoms with van der Waals surface area (Å²) in [5, 5.41) is 2.77. The molecule has 0 aliphatic heterocycles. The van der Waals surface area contributed by atoms with Gasteiger partial charge in [0.2, 0.25) is 9.84 Å². The van der Waals surface area contributed by atoms with E-state index in [9.17, 15) is 8.42 Å². The van der Waals surface area contributed by atoms with Crippen LogP contribution in [0.15, 0.2) is 51.6 Å². The Balaban J connectivity index is 2.55. The lowest BCUT2D eigenvalue weighted by Gasteiger charge is -1.99. The smallest absolute Gasteiger partial charge is 0.215 e. The number of sulfone groups is 1. The van der Waals surface area contributed by atoms with Crippen LogP contribution in [0, 0.1) is 5.38 Å². The maximum Gasteiger partial charge on any atom is 0.215 e. The summed E-state index contributed by atoms with van der Waals surface area (Å²) in [4.78, 5) is 0.329. The Labute approximate surface area is 86.8 Å². The molecule has 1 heterocycles. The van der Waals surface area contributed by atoms with Gasteiger partial charge in [-0.05, 0) is 24.3 Å². The van der Waals surface area contributed by atoms with E-state index in [1.54, 1.807) is 42.5 Å². The lowest BCUT2D eigenvalue weighted by molar-refractivity contribution is 0.598. The topological polar surface area (TPSA) is 34.1 Å². The second kappa shape index (κ2) is 3.55. The zero-order valence-electron chi connectivity index (χ0n) is 7.17. The molecule has 0 saturated carbocycles. The Morgan fingerprint density at radius 3 is 2.36 bits per heavy atom. The molecule has 14 heavy (non-hydrogen) atoms. The fraction of sp³-hybridized carbons (Fsp3) is 0. The third kappa shape index (κ3) is 1.58. The van der Waals surface area contributed by atoms with Gasteiger partial charge in [0.15, 0.2) is 0 Å². The minimum atomic E-state index is -3.31. The predicted octanol–water partition coefficient (Wildman–Crippen LogP) is 2.38. The van der Waals surface area contributed by atoms with E-state index in [4.69, 9.17) is 0 Å². The molecular weight excluding hydrogens is 216 g/mol. The highest BCUT2D eigenvalue weighted by atomic mass is 32.2. The Morgan fingerprint density at radius 2 is 1.79 bits per heavy atom. The molecule has 1 radical (unpaired) electrons. The second-order valence-electron chi connectivity index (χ2n) is 2.69.